The van der Waals surface area contributed by atoms with Crippen molar-refractivity contribution in [2.75, 3.05) is 24.2 Å². The summed E-state index contributed by atoms with van der Waals surface area (Å²) in [5, 5.41) is 10.2. The standard InChI is InChI=1S/C17H16N4O2S2/c22-16-9-23-15-4-3-11(8-13(15)19-16)14-10-25-17(21-20-14)18-6-5-12-2-1-7-24-12/h1-4,7-8H,5-6,9-10H2,(H,18,21)(H,19,22). The van der Waals surface area contributed by atoms with Crippen LogP contribution >= 0.6 is 23.1 Å². The van der Waals surface area contributed by atoms with E-state index in [0.717, 1.165) is 35.2 Å². The van der Waals surface area contributed by atoms with Crippen LogP contribution in [0.15, 0.2) is 45.8 Å². The number of nitrogens with zero attached hydrogens (tertiary/aromatic N) is 2. The van der Waals surface area contributed by atoms with Crippen molar-refractivity contribution >= 4 is 45.6 Å². The lowest BCUT2D eigenvalue weighted by Gasteiger charge is -2.20. The average Bonchev–Trinajstić information content (AvgIpc) is 3.15. The van der Waals surface area contributed by atoms with Gasteiger partial charge in [-0.15, -0.1) is 11.3 Å². The Morgan fingerprint density at radius 3 is 3.08 bits per heavy atom. The van der Waals surface area contributed by atoms with E-state index in [0.29, 0.717) is 11.4 Å². The molecule has 0 atom stereocenters. The Kier molecular flexibility index (Phi) is 4.71. The minimum Gasteiger partial charge on any atom is -0.482 e. The normalized spacial score (nSPS) is 18.0. The second-order valence-electron chi connectivity index (χ2n) is 5.52. The first kappa shape index (κ1) is 16.2. The molecule has 2 N–H and O–H groups in total. The minimum absolute atomic E-state index is 0.0655. The van der Waals surface area contributed by atoms with Crippen LogP contribution < -0.4 is 15.5 Å². The molecular weight excluding hydrogens is 356 g/mol. The zero-order chi connectivity index (χ0) is 17.1. The molecule has 1 aromatic heterocycles. The summed E-state index contributed by atoms with van der Waals surface area (Å²) in [6, 6.07) is 9.90. The fourth-order valence-corrected chi connectivity index (χ4v) is 4.03. The first-order valence-corrected chi connectivity index (χ1v) is 9.74. The number of rotatable bonds is 4. The molecule has 2 aliphatic heterocycles. The number of hydrogen-bond donors (Lipinski definition) is 2. The molecule has 1 amide bonds. The molecule has 0 unspecified atom stereocenters. The minimum atomic E-state index is -0.136. The van der Waals surface area contributed by atoms with E-state index < -0.39 is 0 Å². The van der Waals surface area contributed by atoms with Crippen LogP contribution in [0.5, 0.6) is 5.75 Å². The Bertz CT molecular complexity index is 846. The number of carbonyl (C=O) groups excluding carboxylic acids is 1. The molecule has 8 heteroatoms. The van der Waals surface area contributed by atoms with Gasteiger partial charge in [0.25, 0.3) is 5.91 Å². The molecule has 6 nitrogen and oxygen atoms in total. The van der Waals surface area contributed by atoms with Gasteiger partial charge in [-0.1, -0.05) is 17.8 Å². The van der Waals surface area contributed by atoms with Crippen LogP contribution in [0.2, 0.25) is 0 Å². The second-order valence-corrected chi connectivity index (χ2v) is 7.52. The summed E-state index contributed by atoms with van der Waals surface area (Å²) < 4.78 is 5.38. The summed E-state index contributed by atoms with van der Waals surface area (Å²) in [5.41, 5.74) is 5.60. The quantitative estimate of drug-likeness (QED) is 0.865. The average molecular weight is 372 g/mol. The summed E-state index contributed by atoms with van der Waals surface area (Å²) in [5.74, 6) is 1.29. The largest absolute Gasteiger partial charge is 0.482 e. The van der Waals surface area contributed by atoms with E-state index in [4.69, 9.17) is 4.74 Å². The maximum absolute atomic E-state index is 11.4. The molecule has 0 bridgehead atoms. The molecule has 0 aliphatic carbocycles. The lowest BCUT2D eigenvalue weighted by atomic mass is 10.1. The third kappa shape index (κ3) is 3.85. The van der Waals surface area contributed by atoms with Gasteiger partial charge in [0.05, 0.1) is 11.4 Å². The number of amidine groups is 1. The monoisotopic (exact) mass is 372 g/mol. The Morgan fingerprint density at radius 2 is 2.28 bits per heavy atom. The molecule has 2 aromatic rings. The van der Waals surface area contributed by atoms with Crippen LogP contribution in [0, 0.1) is 0 Å². The maximum atomic E-state index is 11.4. The van der Waals surface area contributed by atoms with E-state index in [1.54, 1.807) is 23.1 Å². The van der Waals surface area contributed by atoms with Crippen molar-refractivity contribution in [1.29, 1.82) is 0 Å². The zero-order valence-electron chi connectivity index (χ0n) is 13.3. The molecule has 0 saturated heterocycles. The highest BCUT2D eigenvalue weighted by Gasteiger charge is 2.19. The van der Waals surface area contributed by atoms with Gasteiger partial charge in [0.1, 0.15) is 5.75 Å². The van der Waals surface area contributed by atoms with Gasteiger partial charge in [0.15, 0.2) is 11.8 Å². The van der Waals surface area contributed by atoms with E-state index in [1.165, 1.54) is 4.88 Å². The number of hydrogen-bond acceptors (Lipinski definition) is 6. The van der Waals surface area contributed by atoms with E-state index in [-0.39, 0.29) is 12.5 Å². The van der Waals surface area contributed by atoms with Crippen molar-refractivity contribution in [2.24, 2.45) is 10.1 Å². The summed E-state index contributed by atoms with van der Waals surface area (Å²) in [6.45, 7) is 0.818. The van der Waals surface area contributed by atoms with Crippen molar-refractivity contribution in [1.82, 2.24) is 5.43 Å². The molecule has 0 radical (unpaired) electrons. The SMILES string of the molecule is O=C1COc2ccc(C3=NNC(=NCCc4cccs4)SC3)cc2N1. The highest BCUT2D eigenvalue weighted by atomic mass is 32.2. The molecular formula is C17H16N4O2S2. The van der Waals surface area contributed by atoms with E-state index in [9.17, 15) is 4.79 Å². The number of fused-ring (bicyclic) bond motifs is 1. The molecule has 2 aliphatic rings. The first-order chi connectivity index (χ1) is 12.3. The van der Waals surface area contributed by atoms with E-state index >= 15 is 0 Å². The van der Waals surface area contributed by atoms with Crippen molar-refractivity contribution in [3.63, 3.8) is 0 Å². The molecule has 0 fully saturated rings. The van der Waals surface area contributed by atoms with Gasteiger partial charge in [-0.05, 0) is 29.6 Å². The summed E-state index contributed by atoms with van der Waals surface area (Å²) in [4.78, 5) is 17.3. The highest BCUT2D eigenvalue weighted by Crippen LogP contribution is 2.29. The second kappa shape index (κ2) is 7.28. The van der Waals surface area contributed by atoms with Crippen molar-refractivity contribution in [3.8, 4) is 5.75 Å². The third-order valence-electron chi connectivity index (χ3n) is 3.77. The van der Waals surface area contributed by atoms with Crippen LogP contribution in [0.3, 0.4) is 0 Å². The van der Waals surface area contributed by atoms with Crippen molar-refractivity contribution in [2.45, 2.75) is 6.42 Å². The van der Waals surface area contributed by atoms with Gasteiger partial charge in [-0.2, -0.15) is 5.10 Å². The number of anilines is 1. The lowest BCUT2D eigenvalue weighted by Crippen LogP contribution is -2.27. The number of hydrazone groups is 1. The topological polar surface area (TPSA) is 75.1 Å². The Balaban J connectivity index is 1.40. The molecule has 0 saturated carbocycles. The van der Waals surface area contributed by atoms with Gasteiger partial charge in [0.2, 0.25) is 0 Å². The summed E-state index contributed by atoms with van der Waals surface area (Å²) in [6.07, 6.45) is 0.949. The molecule has 1 aromatic carbocycles. The predicted octanol–water partition coefficient (Wildman–Crippen LogP) is 2.72. The number of nitrogens with one attached hydrogen (secondary N) is 2. The van der Waals surface area contributed by atoms with Crippen LogP contribution in [0.25, 0.3) is 0 Å². The molecule has 0 spiro atoms. The number of thioether (sulfide) groups is 1. The zero-order valence-corrected chi connectivity index (χ0v) is 15.0. The molecule has 4 rings (SSSR count). The maximum Gasteiger partial charge on any atom is 0.262 e. The fraction of sp³-hybridized carbons (Fsp3) is 0.235. The van der Waals surface area contributed by atoms with Gasteiger partial charge in [0, 0.05) is 29.2 Å². The van der Waals surface area contributed by atoms with Crippen LogP contribution in [-0.4, -0.2) is 35.7 Å². The number of aliphatic imine (C=N–C) groups is 1. The van der Waals surface area contributed by atoms with Gasteiger partial charge >= 0.3 is 0 Å². The summed E-state index contributed by atoms with van der Waals surface area (Å²) >= 11 is 3.39. The van der Waals surface area contributed by atoms with Gasteiger partial charge in [-0.25, -0.2) is 0 Å². The number of benzene rings is 1. The number of carbonyl (C=O) groups is 1. The molecule has 128 valence electrons. The first-order valence-electron chi connectivity index (χ1n) is 7.87. The van der Waals surface area contributed by atoms with E-state index in [1.807, 2.05) is 18.2 Å². The van der Waals surface area contributed by atoms with Crippen molar-refractivity contribution < 1.29 is 9.53 Å². The lowest BCUT2D eigenvalue weighted by molar-refractivity contribution is -0.118. The molecule has 25 heavy (non-hydrogen) atoms. The van der Waals surface area contributed by atoms with Crippen LogP contribution in [0.4, 0.5) is 5.69 Å². The van der Waals surface area contributed by atoms with Crippen molar-refractivity contribution in [3.05, 3.63) is 46.2 Å². The number of ether oxygens (including phenoxy) is 1. The Hall–Kier alpha value is -2.32. The van der Waals surface area contributed by atoms with Gasteiger partial charge in [-0.3, -0.25) is 15.2 Å². The Morgan fingerprint density at radius 1 is 1.32 bits per heavy atom. The van der Waals surface area contributed by atoms with Crippen LogP contribution in [-0.2, 0) is 11.2 Å². The van der Waals surface area contributed by atoms with Crippen LogP contribution in [0.1, 0.15) is 10.4 Å². The summed E-state index contributed by atoms with van der Waals surface area (Å²) in [7, 11) is 0. The fourth-order valence-electron chi connectivity index (χ4n) is 2.53. The third-order valence-corrected chi connectivity index (χ3v) is 5.62. The Labute approximate surface area is 153 Å². The highest BCUT2D eigenvalue weighted by molar-refractivity contribution is 8.14. The molecule has 3 heterocycles. The smallest absolute Gasteiger partial charge is 0.262 e. The number of amides is 1. The number of thiophene rings is 1. The van der Waals surface area contributed by atoms with E-state index in [2.05, 4.69) is 38.3 Å². The predicted molar refractivity (Wildman–Crippen MR) is 103 cm³/mol. The van der Waals surface area contributed by atoms with Gasteiger partial charge < -0.3 is 10.1 Å².